The Bertz CT molecular complexity index is 805. The molecule has 5 aliphatic rings. The van der Waals surface area contributed by atoms with Crippen molar-refractivity contribution in [2.45, 2.75) is 52.5 Å². The second-order valence-electron chi connectivity index (χ2n) is 10.7. The maximum Gasteiger partial charge on any atom is 0.311 e. The van der Waals surface area contributed by atoms with Gasteiger partial charge < -0.3 is 14.8 Å². The van der Waals surface area contributed by atoms with Crippen molar-refractivity contribution in [1.82, 2.24) is 20.3 Å². The van der Waals surface area contributed by atoms with Crippen molar-refractivity contribution in [1.29, 1.82) is 0 Å². The summed E-state index contributed by atoms with van der Waals surface area (Å²) in [6.45, 7) is 6.72. The first-order valence-electron chi connectivity index (χ1n) is 11.9. The molecule has 1 aromatic heterocycles. The standard InChI is InChI=1S/C23H34N4O4/c1-3-31-22(29)18(20-16-5-14-4-15(7-16)8-17(20)6-14)9-24-21(28)19-10-27(26-25-19)11-23(2)12-30-13-23/h10,14-18,20H,3-9,11-13H2,1-2H3,(H,24,28). The Kier molecular flexibility index (Phi) is 5.52. The van der Waals surface area contributed by atoms with Crippen LogP contribution in [0.4, 0.5) is 0 Å². The predicted octanol–water partition coefficient (Wildman–Crippen LogP) is 2.30. The lowest BCUT2D eigenvalue weighted by molar-refractivity contribution is -0.157. The summed E-state index contributed by atoms with van der Waals surface area (Å²) in [7, 11) is 0. The van der Waals surface area contributed by atoms with Gasteiger partial charge in [-0.1, -0.05) is 12.1 Å². The van der Waals surface area contributed by atoms with Gasteiger partial charge in [0.2, 0.25) is 0 Å². The molecule has 31 heavy (non-hydrogen) atoms. The van der Waals surface area contributed by atoms with Crippen LogP contribution >= 0.6 is 0 Å². The summed E-state index contributed by atoms with van der Waals surface area (Å²) in [4.78, 5) is 25.7. The molecule has 1 N–H and O–H groups in total. The van der Waals surface area contributed by atoms with E-state index in [1.807, 2.05) is 6.92 Å². The Morgan fingerprint density at radius 3 is 2.48 bits per heavy atom. The fourth-order valence-electron chi connectivity index (χ4n) is 6.96. The van der Waals surface area contributed by atoms with E-state index in [2.05, 4.69) is 22.6 Å². The number of rotatable bonds is 8. The van der Waals surface area contributed by atoms with Gasteiger partial charge in [0.15, 0.2) is 5.69 Å². The van der Waals surface area contributed by atoms with Crippen molar-refractivity contribution in [2.24, 2.45) is 40.9 Å². The maximum absolute atomic E-state index is 12.9. The minimum Gasteiger partial charge on any atom is -0.466 e. The molecule has 1 amide bonds. The molecule has 8 heteroatoms. The van der Waals surface area contributed by atoms with Crippen LogP contribution in [0.5, 0.6) is 0 Å². The van der Waals surface area contributed by atoms with Gasteiger partial charge in [-0.15, -0.1) is 5.10 Å². The molecule has 1 atom stereocenters. The summed E-state index contributed by atoms with van der Waals surface area (Å²) in [5, 5.41) is 11.1. The van der Waals surface area contributed by atoms with Crippen LogP contribution in [0, 0.1) is 40.9 Å². The summed E-state index contributed by atoms with van der Waals surface area (Å²) in [6.07, 6.45) is 8.00. The van der Waals surface area contributed by atoms with Crippen molar-refractivity contribution >= 4 is 11.9 Å². The Labute approximate surface area is 183 Å². The maximum atomic E-state index is 12.9. The molecule has 5 fully saturated rings. The van der Waals surface area contributed by atoms with E-state index in [0.29, 0.717) is 50.7 Å². The van der Waals surface area contributed by atoms with Crippen LogP contribution in [-0.4, -0.2) is 53.2 Å². The second kappa shape index (κ2) is 8.19. The van der Waals surface area contributed by atoms with Gasteiger partial charge in [-0.05, 0) is 68.6 Å². The van der Waals surface area contributed by atoms with E-state index >= 15 is 0 Å². The average molecular weight is 431 g/mol. The monoisotopic (exact) mass is 430 g/mol. The lowest BCUT2D eigenvalue weighted by Gasteiger charge is -2.56. The summed E-state index contributed by atoms with van der Waals surface area (Å²) in [5.41, 5.74) is 0.340. The van der Waals surface area contributed by atoms with Gasteiger partial charge in [0.05, 0.1) is 38.5 Å². The van der Waals surface area contributed by atoms with E-state index in [0.717, 1.165) is 11.8 Å². The highest BCUT2D eigenvalue weighted by molar-refractivity contribution is 5.92. The lowest BCUT2D eigenvalue weighted by Crippen LogP contribution is -2.51. The minimum atomic E-state index is -0.278. The van der Waals surface area contributed by atoms with Crippen LogP contribution in [0.15, 0.2) is 6.20 Å². The number of carbonyl (C=O) groups is 2. The first kappa shape index (κ1) is 20.9. The fourth-order valence-corrected chi connectivity index (χ4v) is 6.96. The molecule has 0 aromatic carbocycles. The number of esters is 1. The van der Waals surface area contributed by atoms with Crippen LogP contribution in [0.25, 0.3) is 0 Å². The Balaban J connectivity index is 1.24. The highest BCUT2D eigenvalue weighted by Gasteiger charge is 2.52. The Morgan fingerprint density at radius 2 is 1.90 bits per heavy atom. The zero-order chi connectivity index (χ0) is 21.6. The number of aromatic nitrogens is 3. The van der Waals surface area contributed by atoms with Crippen LogP contribution in [-0.2, 0) is 20.8 Å². The first-order chi connectivity index (χ1) is 14.9. The summed E-state index contributed by atoms with van der Waals surface area (Å²) >= 11 is 0. The Hall–Kier alpha value is -1.96. The molecular formula is C23H34N4O4. The van der Waals surface area contributed by atoms with Crippen LogP contribution in [0.2, 0.25) is 0 Å². The van der Waals surface area contributed by atoms with Gasteiger partial charge in [-0.25, -0.2) is 0 Å². The molecule has 0 spiro atoms. The van der Waals surface area contributed by atoms with Gasteiger partial charge in [-0.3, -0.25) is 14.3 Å². The van der Waals surface area contributed by atoms with Gasteiger partial charge in [0.25, 0.3) is 5.91 Å². The summed E-state index contributed by atoms with van der Waals surface area (Å²) in [6, 6.07) is 0. The average Bonchev–Trinajstić information content (AvgIpc) is 3.16. The van der Waals surface area contributed by atoms with Crippen molar-refractivity contribution < 1.29 is 19.1 Å². The number of nitrogens with one attached hydrogen (secondary N) is 1. The predicted molar refractivity (Wildman–Crippen MR) is 112 cm³/mol. The quantitative estimate of drug-likeness (QED) is 0.636. The minimum absolute atomic E-state index is 0.0515. The van der Waals surface area contributed by atoms with Gasteiger partial charge in [0, 0.05) is 12.0 Å². The number of amides is 1. The van der Waals surface area contributed by atoms with Gasteiger partial charge >= 0.3 is 5.97 Å². The molecular weight excluding hydrogens is 396 g/mol. The number of carbonyl (C=O) groups excluding carboxylic acids is 2. The van der Waals surface area contributed by atoms with Crippen molar-refractivity contribution in [3.05, 3.63) is 11.9 Å². The van der Waals surface area contributed by atoms with E-state index in [1.165, 1.54) is 32.1 Å². The third kappa shape index (κ3) is 4.11. The number of nitrogens with zero attached hydrogens (tertiary/aromatic N) is 3. The number of hydrogen-bond acceptors (Lipinski definition) is 6. The molecule has 1 saturated heterocycles. The molecule has 6 rings (SSSR count). The molecule has 2 heterocycles. The summed E-state index contributed by atoms with van der Waals surface area (Å²) < 4.78 is 12.4. The molecule has 0 radical (unpaired) electrons. The van der Waals surface area contributed by atoms with Crippen molar-refractivity contribution in [3.8, 4) is 0 Å². The van der Waals surface area contributed by atoms with E-state index in [4.69, 9.17) is 9.47 Å². The number of ether oxygens (including phenoxy) is 2. The van der Waals surface area contributed by atoms with Crippen molar-refractivity contribution in [2.75, 3.05) is 26.4 Å². The smallest absolute Gasteiger partial charge is 0.311 e. The van der Waals surface area contributed by atoms with Crippen LogP contribution in [0.3, 0.4) is 0 Å². The molecule has 170 valence electrons. The van der Waals surface area contributed by atoms with Gasteiger partial charge in [0.1, 0.15) is 0 Å². The van der Waals surface area contributed by atoms with E-state index < -0.39 is 0 Å². The van der Waals surface area contributed by atoms with Crippen molar-refractivity contribution in [3.63, 3.8) is 0 Å². The molecule has 1 aliphatic heterocycles. The normalized spacial score (nSPS) is 33.5. The van der Waals surface area contributed by atoms with Crippen LogP contribution < -0.4 is 5.32 Å². The molecule has 1 unspecified atom stereocenters. The fraction of sp³-hybridized carbons (Fsp3) is 0.826. The second-order valence-corrected chi connectivity index (χ2v) is 10.7. The lowest BCUT2D eigenvalue weighted by atomic mass is 9.49. The first-order valence-corrected chi connectivity index (χ1v) is 11.9. The van der Waals surface area contributed by atoms with E-state index in [9.17, 15) is 9.59 Å². The number of hydrogen-bond donors (Lipinski definition) is 1. The molecule has 4 aliphatic carbocycles. The topological polar surface area (TPSA) is 95.3 Å². The van der Waals surface area contributed by atoms with E-state index in [-0.39, 0.29) is 28.9 Å². The summed E-state index contributed by atoms with van der Waals surface area (Å²) in [5.74, 6) is 2.47. The Morgan fingerprint density at radius 1 is 1.23 bits per heavy atom. The molecule has 4 bridgehead atoms. The van der Waals surface area contributed by atoms with Gasteiger partial charge in [-0.2, -0.15) is 0 Å². The highest BCUT2D eigenvalue weighted by atomic mass is 16.5. The largest absolute Gasteiger partial charge is 0.466 e. The SMILES string of the molecule is CCOC(=O)C(CNC(=O)c1cn(CC2(C)COC2)nn1)C1C2CC3CC(C2)CC1C3. The molecule has 4 saturated carbocycles. The van der Waals surface area contributed by atoms with Crippen LogP contribution in [0.1, 0.15) is 56.4 Å². The third-order valence-corrected chi connectivity index (χ3v) is 8.05. The van der Waals surface area contributed by atoms with E-state index in [1.54, 1.807) is 10.9 Å². The zero-order valence-electron chi connectivity index (χ0n) is 18.6. The highest BCUT2D eigenvalue weighted by Crippen LogP contribution is 2.58. The zero-order valence-corrected chi connectivity index (χ0v) is 18.6. The third-order valence-electron chi connectivity index (χ3n) is 8.05. The molecule has 8 nitrogen and oxygen atoms in total. The molecule has 1 aromatic rings.